The van der Waals surface area contributed by atoms with Crippen molar-refractivity contribution < 1.29 is 13.2 Å². The zero-order chi connectivity index (χ0) is 17.4. The number of pyridine rings is 1. The molecule has 0 spiro atoms. The molecule has 130 valence electrons. The second-order valence-electron chi connectivity index (χ2n) is 4.95. The van der Waals surface area contributed by atoms with Gasteiger partial charge in [-0.3, -0.25) is 10.2 Å². The van der Waals surface area contributed by atoms with E-state index < -0.39 is 15.7 Å². The first-order chi connectivity index (χ1) is 10.6. The van der Waals surface area contributed by atoms with Crippen LogP contribution in [0.5, 0.6) is 0 Å². The van der Waals surface area contributed by atoms with Gasteiger partial charge in [-0.2, -0.15) is 0 Å². The van der Waals surface area contributed by atoms with Gasteiger partial charge < -0.3 is 10.3 Å². The zero-order valence-electron chi connectivity index (χ0n) is 12.4. The summed E-state index contributed by atoms with van der Waals surface area (Å²) in [5.74, 6) is -0.753. The molecule has 3 N–H and O–H groups in total. The highest BCUT2D eigenvalue weighted by Crippen LogP contribution is 2.23. The number of nitrogens with zero attached hydrogens (tertiary/aromatic N) is 1. The fraction of sp³-hybridized carbons (Fsp3) is 0.143. The van der Waals surface area contributed by atoms with Gasteiger partial charge in [-0.25, -0.2) is 8.42 Å². The highest BCUT2D eigenvalue weighted by molar-refractivity contribution is 7.90. The van der Waals surface area contributed by atoms with E-state index in [4.69, 9.17) is 34.3 Å². The van der Waals surface area contributed by atoms with Gasteiger partial charge in [0, 0.05) is 19.0 Å². The van der Waals surface area contributed by atoms with Crippen molar-refractivity contribution in [3.8, 4) is 0 Å². The van der Waals surface area contributed by atoms with Crippen molar-refractivity contribution >= 4 is 51.4 Å². The van der Waals surface area contributed by atoms with E-state index in [9.17, 15) is 13.2 Å². The molecule has 0 aliphatic rings. The standard InChI is InChI=1S/C14H13Cl2N3O3S.ClH/c1-23(21,22)12-3-2-8(4-11(12)16)6-19-7-9(15)5-10(13(19)17)14(18)20;/h2-5,7,17H,6H2,1H3,(H2,18,20);1H. The number of nitrogens with two attached hydrogens (primary N) is 1. The van der Waals surface area contributed by atoms with Crippen LogP contribution in [0, 0.1) is 5.41 Å². The van der Waals surface area contributed by atoms with Crippen molar-refractivity contribution in [3.05, 3.63) is 57.1 Å². The Morgan fingerprint density at radius 1 is 1.29 bits per heavy atom. The molecule has 1 aromatic heterocycles. The number of hydrogen-bond donors (Lipinski definition) is 2. The topological polar surface area (TPSA) is 106 Å². The van der Waals surface area contributed by atoms with E-state index in [1.54, 1.807) is 6.07 Å². The fourth-order valence-electron chi connectivity index (χ4n) is 2.06. The molecule has 2 rings (SSSR count). The van der Waals surface area contributed by atoms with Gasteiger partial charge in [0.1, 0.15) is 5.49 Å². The highest BCUT2D eigenvalue weighted by atomic mass is 35.5. The van der Waals surface area contributed by atoms with Gasteiger partial charge in [0.25, 0.3) is 5.91 Å². The molecule has 0 aliphatic carbocycles. The van der Waals surface area contributed by atoms with E-state index in [0.717, 1.165) is 6.26 Å². The molecule has 0 atom stereocenters. The Hall–Kier alpha value is -1.54. The molecular formula is C14H14Cl3N3O3S. The van der Waals surface area contributed by atoms with E-state index >= 15 is 0 Å². The van der Waals surface area contributed by atoms with E-state index in [0.29, 0.717) is 5.56 Å². The molecule has 0 aliphatic heterocycles. The molecule has 6 nitrogen and oxygen atoms in total. The Bertz CT molecular complexity index is 955. The Morgan fingerprint density at radius 3 is 2.42 bits per heavy atom. The highest BCUT2D eigenvalue weighted by Gasteiger charge is 2.13. The monoisotopic (exact) mass is 409 g/mol. The zero-order valence-corrected chi connectivity index (χ0v) is 15.6. The summed E-state index contributed by atoms with van der Waals surface area (Å²) in [4.78, 5) is 11.4. The first-order valence-corrected chi connectivity index (χ1v) is 8.97. The third kappa shape index (κ3) is 4.51. The smallest absolute Gasteiger partial charge is 0.252 e. The molecule has 0 fully saturated rings. The van der Waals surface area contributed by atoms with Crippen molar-refractivity contribution in [1.29, 1.82) is 5.41 Å². The number of halogens is 3. The van der Waals surface area contributed by atoms with E-state index in [2.05, 4.69) is 0 Å². The summed E-state index contributed by atoms with van der Waals surface area (Å²) in [5.41, 5.74) is 5.77. The summed E-state index contributed by atoms with van der Waals surface area (Å²) in [6, 6.07) is 5.80. The third-order valence-electron chi connectivity index (χ3n) is 3.12. The minimum atomic E-state index is -3.41. The summed E-state index contributed by atoms with van der Waals surface area (Å²) in [6.07, 6.45) is 2.55. The molecule has 1 heterocycles. The van der Waals surface area contributed by atoms with Crippen molar-refractivity contribution in [3.63, 3.8) is 0 Å². The third-order valence-corrected chi connectivity index (χ3v) is 4.90. The number of aromatic nitrogens is 1. The van der Waals surface area contributed by atoms with Crippen molar-refractivity contribution in [2.45, 2.75) is 11.4 Å². The van der Waals surface area contributed by atoms with E-state index in [1.807, 2.05) is 0 Å². The van der Waals surface area contributed by atoms with E-state index in [1.165, 1.54) is 29.0 Å². The molecule has 1 amide bonds. The normalized spacial score (nSPS) is 11.0. The average Bonchev–Trinajstić information content (AvgIpc) is 2.40. The molecular weight excluding hydrogens is 397 g/mol. The number of carbonyl (C=O) groups is 1. The molecule has 10 heteroatoms. The van der Waals surface area contributed by atoms with Crippen molar-refractivity contribution in [2.75, 3.05) is 6.26 Å². The molecule has 0 unspecified atom stereocenters. The van der Waals surface area contributed by atoms with Crippen LogP contribution >= 0.6 is 35.6 Å². The predicted octanol–water partition coefficient (Wildman–Crippen LogP) is 2.25. The number of primary amides is 1. The first-order valence-electron chi connectivity index (χ1n) is 6.32. The van der Waals surface area contributed by atoms with Gasteiger partial charge in [0.05, 0.1) is 20.5 Å². The van der Waals surface area contributed by atoms with Crippen LogP contribution in [0.2, 0.25) is 10.0 Å². The molecule has 0 radical (unpaired) electrons. The molecule has 1 aromatic carbocycles. The largest absolute Gasteiger partial charge is 0.365 e. The van der Waals surface area contributed by atoms with Gasteiger partial charge >= 0.3 is 0 Å². The summed E-state index contributed by atoms with van der Waals surface area (Å²) in [6.45, 7) is 0.184. The predicted molar refractivity (Wildman–Crippen MR) is 94.7 cm³/mol. The first kappa shape index (κ1) is 20.5. The molecule has 0 saturated carbocycles. The van der Waals surface area contributed by atoms with Crippen LogP contribution in [0.15, 0.2) is 35.4 Å². The Morgan fingerprint density at radius 2 is 1.92 bits per heavy atom. The second-order valence-corrected chi connectivity index (χ2v) is 7.78. The van der Waals surface area contributed by atoms with Gasteiger partial charge in [-0.05, 0) is 23.8 Å². The maximum Gasteiger partial charge on any atom is 0.252 e. The van der Waals surface area contributed by atoms with Crippen LogP contribution in [0.3, 0.4) is 0 Å². The maximum atomic E-state index is 11.6. The number of rotatable bonds is 4. The van der Waals surface area contributed by atoms with Gasteiger partial charge in [0.15, 0.2) is 9.84 Å². The summed E-state index contributed by atoms with van der Waals surface area (Å²) >= 11 is 11.9. The fourth-order valence-corrected chi connectivity index (χ4v) is 3.64. The van der Waals surface area contributed by atoms with Crippen LogP contribution in [0.4, 0.5) is 0 Å². The van der Waals surface area contributed by atoms with Gasteiger partial charge in [-0.15, -0.1) is 12.4 Å². The van der Waals surface area contributed by atoms with Crippen LogP contribution in [0.1, 0.15) is 15.9 Å². The number of hydrogen-bond acceptors (Lipinski definition) is 4. The lowest BCUT2D eigenvalue weighted by Gasteiger charge is -2.11. The molecule has 2 aromatic rings. The second kappa shape index (κ2) is 7.57. The van der Waals surface area contributed by atoms with Crippen LogP contribution in [0.25, 0.3) is 0 Å². The maximum absolute atomic E-state index is 11.6. The van der Waals surface area contributed by atoms with Crippen molar-refractivity contribution in [2.24, 2.45) is 5.73 Å². The molecule has 24 heavy (non-hydrogen) atoms. The van der Waals surface area contributed by atoms with Gasteiger partial charge in [-0.1, -0.05) is 29.3 Å². The summed E-state index contributed by atoms with van der Waals surface area (Å²) in [7, 11) is -3.41. The van der Waals surface area contributed by atoms with Crippen LogP contribution in [-0.4, -0.2) is 25.1 Å². The molecule has 0 bridgehead atoms. The summed E-state index contributed by atoms with van der Waals surface area (Å²) < 4.78 is 24.5. The lowest BCUT2D eigenvalue weighted by Crippen LogP contribution is -2.29. The van der Waals surface area contributed by atoms with Crippen LogP contribution < -0.4 is 11.2 Å². The van der Waals surface area contributed by atoms with Crippen molar-refractivity contribution in [1.82, 2.24) is 4.57 Å². The number of carbonyl (C=O) groups excluding carboxylic acids is 1. The molecule has 0 saturated heterocycles. The number of benzene rings is 1. The van der Waals surface area contributed by atoms with Gasteiger partial charge in [0.2, 0.25) is 0 Å². The Labute approximate surface area is 155 Å². The Balaban J connectivity index is 0.00000288. The number of amides is 1. The minimum Gasteiger partial charge on any atom is -0.365 e. The average molecular weight is 411 g/mol. The SMILES string of the molecule is CS(=O)(=O)c1ccc(Cn2cc(Cl)cc(C(N)=O)c2=N)cc1Cl.Cl. The number of nitrogens with one attached hydrogen (secondary N) is 1. The van der Waals surface area contributed by atoms with E-state index in [-0.39, 0.29) is 44.9 Å². The van der Waals surface area contributed by atoms with Crippen LogP contribution in [-0.2, 0) is 16.4 Å². The minimum absolute atomic E-state index is 0. The summed E-state index contributed by atoms with van der Waals surface area (Å²) in [5, 5.41) is 8.34. The lowest BCUT2D eigenvalue weighted by atomic mass is 10.2. The number of sulfone groups is 1. The lowest BCUT2D eigenvalue weighted by molar-refractivity contribution is 0.0997. The quantitative estimate of drug-likeness (QED) is 0.807. The Kier molecular flexibility index (Phi) is 6.46.